The highest BCUT2D eigenvalue weighted by Crippen LogP contribution is 2.39. The van der Waals surface area contributed by atoms with E-state index < -0.39 is 6.16 Å². The third-order valence-electron chi connectivity index (χ3n) is 4.56. The second-order valence-corrected chi connectivity index (χ2v) is 7.56. The largest absolute Gasteiger partial charge is 0.515 e. The summed E-state index contributed by atoms with van der Waals surface area (Å²) in [6.07, 6.45) is 4.75. The molecule has 0 spiro atoms. The number of thiazole rings is 1. The first-order valence-corrected chi connectivity index (χ1v) is 9.93. The van der Waals surface area contributed by atoms with Crippen molar-refractivity contribution in [2.75, 3.05) is 17.2 Å². The number of nitrogens with zero attached hydrogens (tertiary/aromatic N) is 1. The van der Waals surface area contributed by atoms with Gasteiger partial charge in [0.2, 0.25) is 5.88 Å². The van der Waals surface area contributed by atoms with Gasteiger partial charge in [-0.2, -0.15) is 0 Å². The van der Waals surface area contributed by atoms with Crippen LogP contribution in [0.2, 0.25) is 0 Å². The molecule has 3 aromatic rings. The van der Waals surface area contributed by atoms with Gasteiger partial charge in [-0.25, -0.2) is 14.6 Å². The Morgan fingerprint density at radius 1 is 1.29 bits per heavy atom. The molecule has 1 aromatic carbocycles. The van der Waals surface area contributed by atoms with Crippen LogP contribution in [0.4, 0.5) is 20.4 Å². The van der Waals surface area contributed by atoms with Crippen molar-refractivity contribution in [1.29, 1.82) is 0 Å². The molecule has 0 unspecified atom stereocenters. The number of fused-ring (bicyclic) bond motifs is 1. The molecule has 2 amide bonds. The Bertz CT molecular complexity index is 1010. The summed E-state index contributed by atoms with van der Waals surface area (Å²) >= 11 is 1.52. The molecule has 0 atom stereocenters. The SMILES string of the molecule is CCOC(=O)Oc1cc2cc(NC(=O)Nc3ncc(C4CCC4)s3)ccc2[nH]1. The minimum atomic E-state index is -0.767. The first kappa shape index (κ1) is 18.3. The molecular weight excluding hydrogens is 380 g/mol. The predicted molar refractivity (Wildman–Crippen MR) is 107 cm³/mol. The number of hydrogen-bond acceptors (Lipinski definition) is 6. The van der Waals surface area contributed by atoms with Crippen LogP contribution in [0.1, 0.15) is 37.0 Å². The summed E-state index contributed by atoms with van der Waals surface area (Å²) in [6.45, 7) is 1.94. The van der Waals surface area contributed by atoms with E-state index >= 15 is 0 Å². The molecule has 1 saturated carbocycles. The Labute approximate surface area is 165 Å². The average molecular weight is 400 g/mol. The van der Waals surface area contributed by atoms with Gasteiger partial charge in [-0.1, -0.05) is 6.42 Å². The van der Waals surface area contributed by atoms with Gasteiger partial charge in [0.1, 0.15) is 0 Å². The fraction of sp³-hybridized carbons (Fsp3) is 0.316. The topological polar surface area (TPSA) is 105 Å². The van der Waals surface area contributed by atoms with Gasteiger partial charge < -0.3 is 19.8 Å². The normalized spacial score (nSPS) is 13.8. The minimum absolute atomic E-state index is 0.240. The van der Waals surface area contributed by atoms with Crippen LogP contribution in [-0.4, -0.2) is 28.8 Å². The Morgan fingerprint density at radius 3 is 2.89 bits per heavy atom. The third-order valence-corrected chi connectivity index (χ3v) is 5.64. The molecule has 1 fully saturated rings. The molecule has 0 radical (unpaired) electrons. The number of rotatable bonds is 5. The second kappa shape index (κ2) is 7.89. The van der Waals surface area contributed by atoms with Crippen molar-refractivity contribution in [3.63, 3.8) is 0 Å². The number of hydrogen-bond donors (Lipinski definition) is 3. The molecular formula is C19H20N4O4S. The van der Waals surface area contributed by atoms with Gasteiger partial charge in [0.15, 0.2) is 5.13 Å². The van der Waals surface area contributed by atoms with Crippen molar-refractivity contribution in [3.05, 3.63) is 35.3 Å². The van der Waals surface area contributed by atoms with Crippen molar-refractivity contribution in [2.24, 2.45) is 0 Å². The Balaban J connectivity index is 1.38. The van der Waals surface area contributed by atoms with Crippen molar-refractivity contribution < 1.29 is 19.1 Å². The number of nitrogens with one attached hydrogen (secondary N) is 3. The zero-order valence-corrected chi connectivity index (χ0v) is 16.1. The lowest BCUT2D eigenvalue weighted by atomic mass is 9.85. The van der Waals surface area contributed by atoms with Crippen molar-refractivity contribution in [3.8, 4) is 5.88 Å². The Hall–Kier alpha value is -3.07. The average Bonchev–Trinajstić information content (AvgIpc) is 3.19. The van der Waals surface area contributed by atoms with E-state index in [0.717, 1.165) is 10.9 Å². The van der Waals surface area contributed by atoms with E-state index in [2.05, 4.69) is 20.6 Å². The highest BCUT2D eigenvalue weighted by atomic mass is 32.1. The van der Waals surface area contributed by atoms with Gasteiger partial charge in [-0.3, -0.25) is 5.32 Å². The molecule has 2 heterocycles. The molecule has 0 aliphatic heterocycles. The number of aromatic nitrogens is 2. The van der Waals surface area contributed by atoms with E-state index in [4.69, 9.17) is 9.47 Å². The molecule has 4 rings (SSSR count). The summed E-state index contributed by atoms with van der Waals surface area (Å²) in [5.41, 5.74) is 1.39. The molecule has 0 saturated heterocycles. The summed E-state index contributed by atoms with van der Waals surface area (Å²) in [6, 6.07) is 6.65. The molecule has 0 bridgehead atoms. The second-order valence-electron chi connectivity index (χ2n) is 6.50. The predicted octanol–water partition coefficient (Wildman–Crippen LogP) is 5.07. The lowest BCUT2D eigenvalue weighted by Gasteiger charge is -2.23. The lowest BCUT2D eigenvalue weighted by molar-refractivity contribution is 0.103. The van der Waals surface area contributed by atoms with Crippen LogP contribution in [-0.2, 0) is 4.74 Å². The molecule has 146 valence electrons. The van der Waals surface area contributed by atoms with Crippen LogP contribution in [0, 0.1) is 0 Å². The molecule has 8 nitrogen and oxygen atoms in total. The number of carbonyl (C=O) groups excluding carboxylic acids is 2. The number of urea groups is 1. The van der Waals surface area contributed by atoms with Crippen molar-refractivity contribution in [2.45, 2.75) is 32.1 Å². The molecule has 1 aliphatic rings. The number of benzene rings is 1. The fourth-order valence-electron chi connectivity index (χ4n) is 2.96. The number of aromatic amines is 1. The molecule has 28 heavy (non-hydrogen) atoms. The van der Waals surface area contributed by atoms with Crippen LogP contribution >= 0.6 is 11.3 Å². The van der Waals surface area contributed by atoms with E-state index in [1.165, 1.54) is 35.5 Å². The minimum Gasteiger partial charge on any atom is -0.434 e. The van der Waals surface area contributed by atoms with E-state index in [9.17, 15) is 9.59 Å². The monoisotopic (exact) mass is 400 g/mol. The highest BCUT2D eigenvalue weighted by molar-refractivity contribution is 7.15. The standard InChI is InChI=1S/C19H20N4O4S/c1-2-26-19(25)27-16-9-12-8-13(6-7-14(12)22-16)21-17(24)23-18-20-10-15(28-18)11-4-3-5-11/h6-11,22H,2-5H2,1H3,(H2,20,21,23,24). The lowest BCUT2D eigenvalue weighted by Crippen LogP contribution is -2.19. The first-order valence-electron chi connectivity index (χ1n) is 9.12. The van der Waals surface area contributed by atoms with Gasteiger partial charge in [0, 0.05) is 33.7 Å². The summed E-state index contributed by atoms with van der Waals surface area (Å²) in [7, 11) is 0. The number of H-pyrrole nitrogens is 1. The quantitative estimate of drug-likeness (QED) is 0.519. The Morgan fingerprint density at radius 2 is 2.14 bits per heavy atom. The zero-order valence-electron chi connectivity index (χ0n) is 15.3. The fourth-order valence-corrected chi connectivity index (χ4v) is 3.94. The van der Waals surface area contributed by atoms with E-state index in [1.807, 2.05) is 6.20 Å². The number of ether oxygens (including phenoxy) is 2. The van der Waals surface area contributed by atoms with Crippen LogP contribution in [0.15, 0.2) is 30.5 Å². The summed E-state index contributed by atoms with van der Waals surface area (Å²) in [4.78, 5) is 32.1. The zero-order chi connectivity index (χ0) is 19.5. The van der Waals surface area contributed by atoms with E-state index in [1.54, 1.807) is 31.2 Å². The van der Waals surface area contributed by atoms with Crippen LogP contribution < -0.4 is 15.4 Å². The van der Waals surface area contributed by atoms with E-state index in [0.29, 0.717) is 16.7 Å². The van der Waals surface area contributed by atoms with Crippen molar-refractivity contribution >= 4 is 45.2 Å². The number of anilines is 2. The van der Waals surface area contributed by atoms with Crippen LogP contribution in [0.25, 0.3) is 10.9 Å². The molecule has 3 N–H and O–H groups in total. The summed E-state index contributed by atoms with van der Waals surface area (Å²) < 4.78 is 9.80. The maximum absolute atomic E-state index is 12.3. The van der Waals surface area contributed by atoms with Gasteiger partial charge >= 0.3 is 12.2 Å². The van der Waals surface area contributed by atoms with Gasteiger partial charge in [0.25, 0.3) is 0 Å². The summed E-state index contributed by atoms with van der Waals surface area (Å²) in [5.74, 6) is 0.875. The van der Waals surface area contributed by atoms with Gasteiger partial charge in [0.05, 0.1) is 6.61 Å². The van der Waals surface area contributed by atoms with E-state index in [-0.39, 0.29) is 18.5 Å². The van der Waals surface area contributed by atoms with Crippen LogP contribution in [0.3, 0.4) is 0 Å². The number of amides is 2. The van der Waals surface area contributed by atoms with Crippen molar-refractivity contribution in [1.82, 2.24) is 9.97 Å². The molecule has 9 heteroatoms. The highest BCUT2D eigenvalue weighted by Gasteiger charge is 2.22. The van der Waals surface area contributed by atoms with Crippen LogP contribution in [0.5, 0.6) is 5.88 Å². The van der Waals surface area contributed by atoms with Gasteiger partial charge in [-0.15, -0.1) is 11.3 Å². The maximum Gasteiger partial charge on any atom is 0.515 e. The molecule has 2 aromatic heterocycles. The maximum atomic E-state index is 12.3. The summed E-state index contributed by atoms with van der Waals surface area (Å²) in [5, 5.41) is 6.94. The first-order chi connectivity index (χ1) is 13.6. The van der Waals surface area contributed by atoms with Gasteiger partial charge in [-0.05, 0) is 43.9 Å². The Kier molecular flexibility index (Phi) is 5.16. The molecule has 1 aliphatic carbocycles. The third kappa shape index (κ3) is 4.09. The number of carbonyl (C=O) groups is 2. The smallest absolute Gasteiger partial charge is 0.434 e.